The third-order valence-corrected chi connectivity index (χ3v) is 6.25. The molecule has 0 aliphatic carbocycles. The summed E-state index contributed by atoms with van der Waals surface area (Å²) >= 11 is 0. The summed E-state index contributed by atoms with van der Waals surface area (Å²) in [5, 5.41) is 24.8. The first kappa shape index (κ1) is 24.1. The number of amides is 2. The Morgan fingerprint density at radius 2 is 1.97 bits per heavy atom. The maximum absolute atomic E-state index is 12.9. The van der Waals surface area contributed by atoms with Crippen LogP contribution in [-0.2, 0) is 27.2 Å². The highest BCUT2D eigenvalue weighted by Gasteiger charge is 2.40. The summed E-state index contributed by atoms with van der Waals surface area (Å²) in [5.41, 5.74) is 2.65. The number of phenols is 1. The van der Waals surface area contributed by atoms with Crippen LogP contribution in [0.1, 0.15) is 47.7 Å². The van der Waals surface area contributed by atoms with Crippen molar-refractivity contribution in [3.63, 3.8) is 0 Å². The van der Waals surface area contributed by atoms with Crippen molar-refractivity contribution in [2.45, 2.75) is 65.0 Å². The van der Waals surface area contributed by atoms with Crippen molar-refractivity contribution in [3.8, 4) is 11.5 Å². The van der Waals surface area contributed by atoms with Crippen molar-refractivity contribution >= 4 is 17.8 Å². The van der Waals surface area contributed by atoms with Crippen LogP contribution in [0.25, 0.3) is 0 Å². The molecule has 0 fully saturated rings. The number of nitrogens with one attached hydrogen (secondary N) is 3. The van der Waals surface area contributed by atoms with Crippen molar-refractivity contribution in [1.82, 2.24) is 20.6 Å². The van der Waals surface area contributed by atoms with Crippen LogP contribution in [0, 0.1) is 20.8 Å². The number of aromatic hydroxyl groups is 1. The lowest BCUT2D eigenvalue weighted by molar-refractivity contribution is -0.142. The standard InChI is InChI=1S/C23H30N4O6/c1-12-13(2)20-16(14(3)19(12)29)5-7-23(4,33-20)22(32)25-8-6-18(28)27-17(21(30)31)9-15-10-24-11-26-15/h10-11,17,29H,5-9H2,1-4H3,(H,24,26)(H,25,32)(H,27,28)(H,30,31). The maximum Gasteiger partial charge on any atom is 0.326 e. The van der Waals surface area contributed by atoms with Crippen molar-refractivity contribution in [3.05, 3.63) is 40.5 Å². The Morgan fingerprint density at radius 1 is 1.24 bits per heavy atom. The fourth-order valence-electron chi connectivity index (χ4n) is 3.97. The molecule has 10 nitrogen and oxygen atoms in total. The van der Waals surface area contributed by atoms with Crippen molar-refractivity contribution < 1.29 is 29.3 Å². The number of H-pyrrole nitrogens is 1. The van der Waals surface area contributed by atoms with Gasteiger partial charge < -0.3 is 30.6 Å². The van der Waals surface area contributed by atoms with Gasteiger partial charge in [-0.05, 0) is 50.8 Å². The number of carbonyl (C=O) groups excluding carboxylic acids is 2. The lowest BCUT2D eigenvalue weighted by Crippen LogP contribution is -2.51. The molecule has 2 unspecified atom stereocenters. The van der Waals surface area contributed by atoms with Crippen LogP contribution in [0.4, 0.5) is 0 Å². The number of hydrogen-bond acceptors (Lipinski definition) is 6. The summed E-state index contributed by atoms with van der Waals surface area (Å²) in [6, 6.07) is -1.10. The van der Waals surface area contributed by atoms with E-state index in [1.807, 2.05) is 20.8 Å². The molecule has 33 heavy (non-hydrogen) atoms. The van der Waals surface area contributed by atoms with Gasteiger partial charge in [0.2, 0.25) is 5.91 Å². The minimum Gasteiger partial charge on any atom is -0.507 e. The van der Waals surface area contributed by atoms with Crippen molar-refractivity contribution in [2.75, 3.05) is 6.54 Å². The Bertz CT molecular complexity index is 1070. The van der Waals surface area contributed by atoms with Gasteiger partial charge in [-0.15, -0.1) is 0 Å². The third-order valence-electron chi connectivity index (χ3n) is 6.25. The molecule has 2 atom stereocenters. The predicted octanol–water partition coefficient (Wildman–Crippen LogP) is 1.44. The molecule has 3 rings (SSSR count). The monoisotopic (exact) mass is 458 g/mol. The molecular formula is C23H30N4O6. The number of carbonyl (C=O) groups is 3. The second kappa shape index (κ2) is 9.51. The topological polar surface area (TPSA) is 154 Å². The number of fused-ring (bicyclic) bond motifs is 1. The zero-order valence-corrected chi connectivity index (χ0v) is 19.2. The van der Waals surface area contributed by atoms with Gasteiger partial charge in [0.05, 0.1) is 6.33 Å². The Kier molecular flexibility index (Phi) is 6.95. The van der Waals surface area contributed by atoms with E-state index in [4.69, 9.17) is 4.74 Å². The van der Waals surface area contributed by atoms with Crippen LogP contribution < -0.4 is 15.4 Å². The highest BCUT2D eigenvalue weighted by atomic mass is 16.5. The number of carboxylic acids is 1. The highest BCUT2D eigenvalue weighted by molar-refractivity contribution is 5.87. The van der Waals surface area contributed by atoms with E-state index < -0.39 is 23.5 Å². The second-order valence-corrected chi connectivity index (χ2v) is 8.61. The van der Waals surface area contributed by atoms with Gasteiger partial charge in [-0.2, -0.15) is 0 Å². The average molecular weight is 459 g/mol. The number of phenolic OH excluding ortho intramolecular Hbond substituents is 1. The zero-order valence-electron chi connectivity index (χ0n) is 19.2. The Labute approximate surface area is 191 Å². The van der Waals surface area contributed by atoms with Gasteiger partial charge in [-0.3, -0.25) is 9.59 Å². The number of ether oxygens (including phenoxy) is 1. The lowest BCUT2D eigenvalue weighted by atomic mass is 9.86. The number of aromatic amines is 1. The summed E-state index contributed by atoms with van der Waals surface area (Å²) in [5.74, 6) is -1.12. The molecule has 178 valence electrons. The van der Waals surface area contributed by atoms with E-state index >= 15 is 0 Å². The van der Waals surface area contributed by atoms with Gasteiger partial charge >= 0.3 is 5.97 Å². The molecule has 2 amide bonds. The van der Waals surface area contributed by atoms with Crippen molar-refractivity contribution in [2.24, 2.45) is 0 Å². The van der Waals surface area contributed by atoms with Crippen LogP contribution in [0.3, 0.4) is 0 Å². The smallest absolute Gasteiger partial charge is 0.326 e. The van der Waals surface area contributed by atoms with E-state index in [9.17, 15) is 24.6 Å². The summed E-state index contributed by atoms with van der Waals surface area (Å²) in [6.45, 7) is 7.24. The molecule has 1 aromatic heterocycles. The Balaban J connectivity index is 1.56. The number of aliphatic carboxylic acids is 1. The van der Waals surface area contributed by atoms with E-state index in [1.165, 1.54) is 12.5 Å². The molecule has 0 bridgehead atoms. The SMILES string of the molecule is Cc1c(C)c2c(c(C)c1O)CCC(C)(C(=O)NCCC(=O)NC(Cc1cnc[nH]1)C(=O)O)O2. The molecule has 1 aromatic carbocycles. The fourth-order valence-corrected chi connectivity index (χ4v) is 3.97. The predicted molar refractivity (Wildman–Crippen MR) is 119 cm³/mol. The summed E-state index contributed by atoms with van der Waals surface area (Å²) < 4.78 is 6.13. The van der Waals surface area contributed by atoms with E-state index in [0.29, 0.717) is 24.3 Å². The number of hydrogen-bond donors (Lipinski definition) is 5. The van der Waals surface area contributed by atoms with Gasteiger partial charge in [0.25, 0.3) is 5.91 Å². The molecule has 2 heterocycles. The fraction of sp³-hybridized carbons (Fsp3) is 0.478. The molecule has 1 aliphatic rings. The summed E-state index contributed by atoms with van der Waals surface area (Å²) in [4.78, 5) is 43.2. The van der Waals surface area contributed by atoms with Crippen LogP contribution in [-0.4, -0.2) is 56.2 Å². The first-order valence-electron chi connectivity index (χ1n) is 10.8. The summed E-state index contributed by atoms with van der Waals surface area (Å²) in [7, 11) is 0. The number of aromatic nitrogens is 2. The van der Waals surface area contributed by atoms with Crippen LogP contribution >= 0.6 is 0 Å². The molecule has 0 saturated carbocycles. The number of benzene rings is 1. The van der Waals surface area contributed by atoms with Crippen LogP contribution in [0.5, 0.6) is 11.5 Å². The molecule has 0 radical (unpaired) electrons. The zero-order chi connectivity index (χ0) is 24.3. The molecule has 2 aromatic rings. The van der Waals surface area contributed by atoms with Gasteiger partial charge in [-0.1, -0.05) is 0 Å². The molecular weight excluding hydrogens is 428 g/mol. The molecule has 0 spiro atoms. The largest absolute Gasteiger partial charge is 0.507 e. The normalized spacial score (nSPS) is 18.1. The maximum atomic E-state index is 12.9. The Morgan fingerprint density at radius 3 is 2.61 bits per heavy atom. The molecule has 10 heteroatoms. The number of nitrogens with zero attached hydrogens (tertiary/aromatic N) is 1. The number of carboxylic acid groups (broad SMARTS) is 1. The quantitative estimate of drug-likeness (QED) is 0.401. The van der Waals surface area contributed by atoms with Gasteiger partial charge in [0.1, 0.15) is 17.5 Å². The Hall–Kier alpha value is -3.56. The van der Waals surface area contributed by atoms with Crippen LogP contribution in [0.2, 0.25) is 0 Å². The van der Waals surface area contributed by atoms with E-state index in [-0.39, 0.29) is 31.0 Å². The van der Waals surface area contributed by atoms with Gasteiger partial charge in [0, 0.05) is 43.3 Å². The first-order chi connectivity index (χ1) is 15.5. The van der Waals surface area contributed by atoms with Gasteiger partial charge in [-0.25, -0.2) is 9.78 Å². The van der Waals surface area contributed by atoms with E-state index in [1.54, 1.807) is 6.92 Å². The van der Waals surface area contributed by atoms with Crippen molar-refractivity contribution in [1.29, 1.82) is 0 Å². The second-order valence-electron chi connectivity index (χ2n) is 8.61. The minimum atomic E-state index is -1.16. The van der Waals surface area contributed by atoms with Crippen LogP contribution in [0.15, 0.2) is 12.5 Å². The number of imidazole rings is 1. The lowest BCUT2D eigenvalue weighted by Gasteiger charge is -2.36. The van der Waals surface area contributed by atoms with Gasteiger partial charge in [0.15, 0.2) is 5.60 Å². The molecule has 5 N–H and O–H groups in total. The molecule has 0 saturated heterocycles. The van der Waals surface area contributed by atoms with E-state index in [0.717, 1.165) is 22.3 Å². The van der Waals surface area contributed by atoms with E-state index in [2.05, 4.69) is 20.6 Å². The molecule has 1 aliphatic heterocycles. The number of rotatable bonds is 8. The highest BCUT2D eigenvalue weighted by Crippen LogP contribution is 2.43. The minimum absolute atomic E-state index is 0.0412. The average Bonchev–Trinajstić information content (AvgIpc) is 3.28. The summed E-state index contributed by atoms with van der Waals surface area (Å²) in [6.07, 6.45) is 3.94. The third kappa shape index (κ3) is 5.10. The first-order valence-corrected chi connectivity index (χ1v) is 10.8.